The molecule has 1 amide bonds. The number of aromatic nitrogens is 1. The van der Waals surface area contributed by atoms with E-state index in [9.17, 15) is 14.4 Å². The lowest BCUT2D eigenvalue weighted by atomic mass is 10.0. The molecule has 0 bridgehead atoms. The molecule has 1 aliphatic heterocycles. The van der Waals surface area contributed by atoms with Crippen molar-refractivity contribution in [3.05, 3.63) is 58.5 Å². The molecule has 9 heteroatoms. The van der Waals surface area contributed by atoms with Crippen molar-refractivity contribution in [1.29, 1.82) is 5.26 Å². The first kappa shape index (κ1) is 22.8. The number of halogens is 2. The van der Waals surface area contributed by atoms with Gasteiger partial charge in [-0.2, -0.15) is 5.26 Å². The highest BCUT2D eigenvalue weighted by Crippen LogP contribution is 2.31. The van der Waals surface area contributed by atoms with Crippen molar-refractivity contribution in [2.45, 2.75) is 38.6 Å². The zero-order valence-electron chi connectivity index (χ0n) is 17.5. The average molecular weight is 448 g/mol. The summed E-state index contributed by atoms with van der Waals surface area (Å²) in [6.07, 6.45) is -0.532. The molecular weight excluding hydrogens is 425 g/mol. The summed E-state index contributed by atoms with van der Waals surface area (Å²) in [6, 6.07) is 9.56. The van der Waals surface area contributed by atoms with Crippen LogP contribution in [0.5, 0.6) is 5.88 Å². The van der Waals surface area contributed by atoms with Gasteiger partial charge in [0.1, 0.15) is 35.3 Å². The number of ether oxygens (including phenoxy) is 3. The highest BCUT2D eigenvalue weighted by Gasteiger charge is 2.35. The highest BCUT2D eigenvalue weighted by molar-refractivity contribution is 6.30. The van der Waals surface area contributed by atoms with Gasteiger partial charge in [0.2, 0.25) is 5.88 Å². The summed E-state index contributed by atoms with van der Waals surface area (Å²) in [5.41, 5.74) is 0.0536. The van der Waals surface area contributed by atoms with E-state index in [-0.39, 0.29) is 36.2 Å². The molecule has 2 heterocycles. The first-order valence-electron chi connectivity index (χ1n) is 9.74. The fraction of sp³-hybridized carbons (Fsp3) is 0.409. The van der Waals surface area contributed by atoms with Crippen LogP contribution in [0.25, 0.3) is 0 Å². The summed E-state index contributed by atoms with van der Waals surface area (Å²) >= 11 is 5.82. The van der Waals surface area contributed by atoms with Crippen LogP contribution in [0.3, 0.4) is 0 Å². The van der Waals surface area contributed by atoms with E-state index in [1.54, 1.807) is 39.0 Å². The largest absolute Gasteiger partial charge is 0.468 e. The molecule has 2 aromatic rings. The van der Waals surface area contributed by atoms with E-state index in [4.69, 9.17) is 25.8 Å². The van der Waals surface area contributed by atoms with Crippen molar-refractivity contribution in [2.75, 3.05) is 19.7 Å². The lowest BCUT2D eigenvalue weighted by Gasteiger charge is -2.30. The van der Waals surface area contributed by atoms with Crippen LogP contribution in [0, 0.1) is 17.1 Å². The van der Waals surface area contributed by atoms with Gasteiger partial charge in [-0.1, -0.05) is 17.7 Å². The summed E-state index contributed by atoms with van der Waals surface area (Å²) in [5, 5.41) is 9.36. The summed E-state index contributed by atoms with van der Waals surface area (Å²) in [5.74, 6) is -0.491. The Bertz CT molecular complexity index is 989. The number of nitriles is 1. The van der Waals surface area contributed by atoms with Crippen LogP contribution in [0.1, 0.15) is 38.0 Å². The first-order chi connectivity index (χ1) is 14.7. The minimum Gasteiger partial charge on any atom is -0.468 e. The van der Waals surface area contributed by atoms with Gasteiger partial charge in [-0.25, -0.2) is 14.2 Å². The number of hydrogen-bond acceptors (Lipinski definition) is 6. The number of hydrogen-bond donors (Lipinski definition) is 0. The lowest BCUT2D eigenvalue weighted by molar-refractivity contribution is -0.0123. The number of rotatable bonds is 3. The number of pyridine rings is 1. The molecule has 7 nitrogen and oxygen atoms in total. The van der Waals surface area contributed by atoms with Crippen molar-refractivity contribution in [2.24, 2.45) is 0 Å². The van der Waals surface area contributed by atoms with E-state index in [1.165, 1.54) is 23.2 Å². The van der Waals surface area contributed by atoms with Crippen LogP contribution in [0.15, 0.2) is 36.5 Å². The van der Waals surface area contributed by atoms with Crippen molar-refractivity contribution in [3.63, 3.8) is 0 Å². The topological polar surface area (TPSA) is 84.7 Å². The van der Waals surface area contributed by atoms with Gasteiger partial charge in [0, 0.05) is 12.7 Å². The molecule has 1 aromatic carbocycles. The summed E-state index contributed by atoms with van der Waals surface area (Å²) in [6.45, 7) is 5.86. The van der Waals surface area contributed by atoms with Gasteiger partial charge in [-0.05, 0) is 50.6 Å². The Kier molecular flexibility index (Phi) is 6.98. The predicted octanol–water partition coefficient (Wildman–Crippen LogP) is 4.50. The van der Waals surface area contributed by atoms with Crippen LogP contribution >= 0.6 is 11.6 Å². The van der Waals surface area contributed by atoms with E-state index in [0.717, 1.165) is 0 Å². The van der Waals surface area contributed by atoms with Gasteiger partial charge in [0.15, 0.2) is 0 Å². The lowest BCUT2D eigenvalue weighted by Crippen LogP contribution is -2.43. The molecule has 0 unspecified atom stereocenters. The van der Waals surface area contributed by atoms with E-state index in [2.05, 4.69) is 4.98 Å². The first-order valence-corrected chi connectivity index (χ1v) is 10.1. The minimum atomic E-state index is -0.780. The monoisotopic (exact) mass is 447 g/mol. The van der Waals surface area contributed by atoms with Gasteiger partial charge >= 0.3 is 6.09 Å². The van der Waals surface area contributed by atoms with Crippen LogP contribution in [-0.4, -0.2) is 47.4 Å². The van der Waals surface area contributed by atoms with Gasteiger partial charge in [0.05, 0.1) is 18.2 Å². The molecule has 0 radical (unpaired) electrons. The average Bonchev–Trinajstić information content (AvgIpc) is 2.92. The molecule has 3 rings (SSSR count). The molecule has 1 aromatic heterocycles. The normalized spacial score (nSPS) is 19.3. The molecule has 0 aliphatic carbocycles. The van der Waals surface area contributed by atoms with E-state index in [0.29, 0.717) is 5.56 Å². The van der Waals surface area contributed by atoms with E-state index < -0.39 is 29.7 Å². The fourth-order valence-corrected chi connectivity index (χ4v) is 3.22. The molecular formula is C22H23ClFN3O4. The second kappa shape index (κ2) is 9.50. The van der Waals surface area contributed by atoms with E-state index >= 15 is 0 Å². The quantitative estimate of drug-likeness (QED) is 0.688. The second-order valence-electron chi connectivity index (χ2n) is 8.02. The Morgan fingerprint density at radius 1 is 1.39 bits per heavy atom. The summed E-state index contributed by atoms with van der Waals surface area (Å²) in [7, 11) is 0. The van der Waals surface area contributed by atoms with Crippen LogP contribution < -0.4 is 4.74 Å². The second-order valence-corrected chi connectivity index (χ2v) is 8.42. The molecule has 2 atom stereocenters. The van der Waals surface area contributed by atoms with Crippen molar-refractivity contribution in [1.82, 2.24) is 9.88 Å². The zero-order chi connectivity index (χ0) is 22.6. The number of amides is 1. The molecule has 164 valence electrons. The SMILES string of the molecule is CC(C)(C)OC(=O)N1CCO[C@@H](c2ccc(Cl)c(F)c2)[C@@H](Oc2ncccc2C#N)C1. The number of nitrogens with zero attached hydrogens (tertiary/aromatic N) is 3. The van der Waals surface area contributed by atoms with Crippen LogP contribution in [0.2, 0.25) is 5.02 Å². The molecule has 1 fully saturated rings. The zero-order valence-corrected chi connectivity index (χ0v) is 18.2. The Balaban J connectivity index is 1.94. The Labute approximate surface area is 185 Å². The molecule has 0 N–H and O–H groups in total. The maximum Gasteiger partial charge on any atom is 0.410 e. The van der Waals surface area contributed by atoms with Gasteiger partial charge < -0.3 is 19.1 Å². The van der Waals surface area contributed by atoms with Crippen molar-refractivity contribution < 1.29 is 23.4 Å². The third-order valence-electron chi connectivity index (χ3n) is 4.48. The molecule has 0 saturated carbocycles. The fourth-order valence-electron chi connectivity index (χ4n) is 3.11. The Hall–Kier alpha value is -2.89. The van der Waals surface area contributed by atoms with Crippen molar-refractivity contribution >= 4 is 17.7 Å². The minimum absolute atomic E-state index is 0.0123. The number of benzene rings is 1. The summed E-state index contributed by atoms with van der Waals surface area (Å²) < 4.78 is 31.6. The maximum atomic E-state index is 14.1. The maximum absolute atomic E-state index is 14.1. The predicted molar refractivity (Wildman–Crippen MR) is 111 cm³/mol. The van der Waals surface area contributed by atoms with Gasteiger partial charge in [-0.3, -0.25) is 0 Å². The molecule has 1 saturated heterocycles. The molecule has 0 spiro atoms. The van der Waals surface area contributed by atoms with Crippen molar-refractivity contribution in [3.8, 4) is 11.9 Å². The smallest absolute Gasteiger partial charge is 0.410 e. The number of carbonyl (C=O) groups excluding carboxylic acids is 1. The summed E-state index contributed by atoms with van der Waals surface area (Å²) in [4.78, 5) is 18.3. The van der Waals surface area contributed by atoms with Crippen LogP contribution in [0.4, 0.5) is 9.18 Å². The molecule has 31 heavy (non-hydrogen) atoms. The Morgan fingerprint density at radius 2 is 2.16 bits per heavy atom. The molecule has 1 aliphatic rings. The van der Waals surface area contributed by atoms with Gasteiger partial charge in [0.25, 0.3) is 0 Å². The standard InChI is InChI=1S/C22H23ClFN3O4/c1-22(2,3)31-21(28)27-9-10-29-19(14-6-7-16(23)17(24)11-14)18(13-27)30-20-15(12-25)5-4-8-26-20/h4-8,11,18-19H,9-10,13H2,1-3H3/t18-,19-/m0/s1. The number of carbonyl (C=O) groups is 1. The van der Waals surface area contributed by atoms with Crippen LogP contribution in [-0.2, 0) is 9.47 Å². The third kappa shape index (κ3) is 5.84. The van der Waals surface area contributed by atoms with Gasteiger partial charge in [-0.15, -0.1) is 0 Å². The third-order valence-corrected chi connectivity index (χ3v) is 4.78. The Morgan fingerprint density at radius 3 is 2.84 bits per heavy atom. The highest BCUT2D eigenvalue weighted by atomic mass is 35.5. The van der Waals surface area contributed by atoms with E-state index in [1.807, 2.05) is 6.07 Å².